The third-order valence-electron chi connectivity index (χ3n) is 4.84. The predicted molar refractivity (Wildman–Crippen MR) is 105 cm³/mol. The average Bonchev–Trinajstić information content (AvgIpc) is 3.02. The summed E-state index contributed by atoms with van der Waals surface area (Å²) >= 11 is 1.24. The van der Waals surface area contributed by atoms with E-state index in [0.717, 1.165) is 0 Å². The number of thiazole rings is 1. The van der Waals surface area contributed by atoms with Crippen LogP contribution in [-0.2, 0) is 14.8 Å². The Morgan fingerprint density at radius 2 is 2.11 bits per heavy atom. The first-order chi connectivity index (χ1) is 12.8. The molecule has 27 heavy (non-hydrogen) atoms. The summed E-state index contributed by atoms with van der Waals surface area (Å²) in [7, 11) is -1.57. The zero-order valence-corrected chi connectivity index (χ0v) is 16.9. The van der Waals surface area contributed by atoms with Gasteiger partial charge in [0.1, 0.15) is 5.82 Å². The summed E-state index contributed by atoms with van der Waals surface area (Å²) in [5.74, 6) is -0.414. The smallest absolute Gasteiger partial charge is 0.240 e. The molecule has 1 saturated heterocycles. The van der Waals surface area contributed by atoms with Crippen LogP contribution in [-0.4, -0.2) is 67.0 Å². The number of nitrogens with zero attached hydrogens (tertiary/aromatic N) is 3. The fourth-order valence-corrected chi connectivity index (χ4v) is 5.16. The van der Waals surface area contributed by atoms with Crippen molar-refractivity contribution in [1.29, 1.82) is 0 Å². The molecule has 0 aliphatic carbocycles. The highest BCUT2D eigenvalue weighted by Crippen LogP contribution is 2.26. The number of hydrogen-bond acceptors (Lipinski definition) is 6. The van der Waals surface area contributed by atoms with Crippen LogP contribution in [0.3, 0.4) is 0 Å². The van der Waals surface area contributed by atoms with Crippen molar-refractivity contribution in [3.8, 4) is 0 Å². The van der Waals surface area contributed by atoms with E-state index in [4.69, 9.17) is 0 Å². The number of benzene rings is 1. The molecule has 7 nitrogen and oxygen atoms in total. The molecule has 0 unspecified atom stereocenters. The molecule has 148 valence electrons. The summed E-state index contributed by atoms with van der Waals surface area (Å²) in [6.07, 6.45) is 1.40. The SMILES string of the molecule is CCS(=O)(=O)N(C)C1CCN(CC(=O)Nc2nc3ccc(F)cc3s2)CC1. The van der Waals surface area contributed by atoms with Crippen LogP contribution < -0.4 is 5.32 Å². The summed E-state index contributed by atoms with van der Waals surface area (Å²) in [4.78, 5) is 18.6. The van der Waals surface area contributed by atoms with E-state index in [2.05, 4.69) is 10.3 Å². The molecule has 0 atom stereocenters. The molecule has 2 heterocycles. The standard InChI is InChI=1S/C17H23FN4O3S2/c1-3-27(24,25)21(2)13-6-8-22(9-7-13)11-16(23)20-17-19-14-5-4-12(18)10-15(14)26-17/h4-5,10,13H,3,6-9,11H2,1-2H3,(H,19,20,23). The van der Waals surface area contributed by atoms with Crippen LogP contribution in [0.5, 0.6) is 0 Å². The second kappa shape index (κ2) is 8.17. The van der Waals surface area contributed by atoms with Gasteiger partial charge in [-0.25, -0.2) is 22.1 Å². The van der Waals surface area contributed by atoms with Crippen LogP contribution in [0.1, 0.15) is 19.8 Å². The fraction of sp³-hybridized carbons (Fsp3) is 0.529. The van der Waals surface area contributed by atoms with Gasteiger partial charge >= 0.3 is 0 Å². The van der Waals surface area contributed by atoms with Gasteiger partial charge in [0.25, 0.3) is 0 Å². The van der Waals surface area contributed by atoms with Crippen LogP contribution in [0.25, 0.3) is 10.2 Å². The zero-order valence-electron chi connectivity index (χ0n) is 15.3. The first kappa shape index (κ1) is 20.1. The van der Waals surface area contributed by atoms with Crippen molar-refractivity contribution in [3.63, 3.8) is 0 Å². The lowest BCUT2D eigenvalue weighted by atomic mass is 10.1. The molecule has 1 aromatic carbocycles. The maximum atomic E-state index is 13.2. The van der Waals surface area contributed by atoms with Crippen LogP contribution in [0.15, 0.2) is 18.2 Å². The Morgan fingerprint density at radius 3 is 2.78 bits per heavy atom. The lowest BCUT2D eigenvalue weighted by molar-refractivity contribution is -0.117. The highest BCUT2D eigenvalue weighted by Gasteiger charge is 2.29. The lowest BCUT2D eigenvalue weighted by Gasteiger charge is -2.35. The average molecular weight is 415 g/mol. The summed E-state index contributed by atoms with van der Waals surface area (Å²) < 4.78 is 39.3. The van der Waals surface area contributed by atoms with E-state index in [0.29, 0.717) is 41.3 Å². The fourth-order valence-electron chi connectivity index (χ4n) is 3.19. The van der Waals surface area contributed by atoms with Crippen molar-refractivity contribution in [2.24, 2.45) is 0 Å². The van der Waals surface area contributed by atoms with Crippen molar-refractivity contribution in [2.45, 2.75) is 25.8 Å². The second-order valence-corrected chi connectivity index (χ2v) is 9.95. The number of piperidine rings is 1. The number of fused-ring (bicyclic) bond motifs is 1. The maximum Gasteiger partial charge on any atom is 0.240 e. The van der Waals surface area contributed by atoms with E-state index in [1.165, 1.54) is 27.8 Å². The molecule has 0 saturated carbocycles. The van der Waals surface area contributed by atoms with E-state index < -0.39 is 10.0 Å². The molecule has 1 aliphatic rings. The van der Waals surface area contributed by atoms with Crippen molar-refractivity contribution in [2.75, 3.05) is 37.8 Å². The van der Waals surface area contributed by atoms with E-state index in [1.54, 1.807) is 20.0 Å². The van der Waals surface area contributed by atoms with Gasteiger partial charge in [0.05, 0.1) is 22.5 Å². The Labute approximate surface area is 162 Å². The molecule has 0 spiro atoms. The molecular weight excluding hydrogens is 391 g/mol. The van der Waals surface area contributed by atoms with Crippen molar-refractivity contribution in [1.82, 2.24) is 14.2 Å². The van der Waals surface area contributed by atoms with Gasteiger partial charge in [0, 0.05) is 26.2 Å². The van der Waals surface area contributed by atoms with Gasteiger partial charge in [-0.1, -0.05) is 11.3 Å². The largest absolute Gasteiger partial charge is 0.301 e. The molecule has 0 bridgehead atoms. The summed E-state index contributed by atoms with van der Waals surface area (Å²) in [5, 5.41) is 3.21. The molecule has 1 fully saturated rings. The highest BCUT2D eigenvalue weighted by molar-refractivity contribution is 7.89. The number of carbonyl (C=O) groups excluding carboxylic acids is 1. The minimum Gasteiger partial charge on any atom is -0.301 e. The molecule has 1 aliphatic heterocycles. The number of carbonyl (C=O) groups is 1. The number of rotatable bonds is 6. The topological polar surface area (TPSA) is 82.6 Å². The predicted octanol–water partition coefficient (Wildman–Crippen LogP) is 2.12. The molecule has 0 radical (unpaired) electrons. The number of aromatic nitrogens is 1. The zero-order chi connectivity index (χ0) is 19.6. The van der Waals surface area contributed by atoms with Gasteiger partial charge < -0.3 is 5.32 Å². The summed E-state index contributed by atoms with van der Waals surface area (Å²) in [5.41, 5.74) is 0.651. The Hall–Kier alpha value is -1.62. The van der Waals surface area contributed by atoms with E-state index in [1.807, 2.05) is 4.90 Å². The Balaban J connectivity index is 1.52. The molecule has 1 N–H and O–H groups in total. The molecule has 1 amide bonds. The van der Waals surface area contributed by atoms with Crippen LogP contribution in [0, 0.1) is 5.82 Å². The van der Waals surface area contributed by atoms with Crippen LogP contribution >= 0.6 is 11.3 Å². The number of amides is 1. The van der Waals surface area contributed by atoms with Gasteiger partial charge in [-0.2, -0.15) is 0 Å². The molecule has 2 aromatic rings. The van der Waals surface area contributed by atoms with Crippen molar-refractivity contribution < 1.29 is 17.6 Å². The maximum absolute atomic E-state index is 13.2. The van der Waals surface area contributed by atoms with Gasteiger partial charge in [0.2, 0.25) is 15.9 Å². The summed E-state index contributed by atoms with van der Waals surface area (Å²) in [6.45, 7) is 3.18. The lowest BCUT2D eigenvalue weighted by Crippen LogP contribution is -2.47. The van der Waals surface area contributed by atoms with E-state index in [-0.39, 0.29) is 30.1 Å². The normalized spacial score (nSPS) is 16.9. The number of likely N-dealkylation sites (tertiary alicyclic amines) is 1. The van der Waals surface area contributed by atoms with Crippen molar-refractivity contribution >= 4 is 42.6 Å². The minimum absolute atomic E-state index is 0.0200. The van der Waals surface area contributed by atoms with Gasteiger partial charge in [0.15, 0.2) is 5.13 Å². The number of sulfonamides is 1. The number of halogens is 1. The Morgan fingerprint density at radius 1 is 1.41 bits per heavy atom. The third-order valence-corrected chi connectivity index (χ3v) is 7.68. The molecular formula is C17H23FN4O3S2. The Kier molecular flexibility index (Phi) is 6.09. The summed E-state index contributed by atoms with van der Waals surface area (Å²) in [6, 6.07) is 4.30. The highest BCUT2D eigenvalue weighted by atomic mass is 32.2. The van der Waals surface area contributed by atoms with E-state index >= 15 is 0 Å². The molecule has 3 rings (SSSR count). The number of anilines is 1. The Bertz CT molecular complexity index is 923. The second-order valence-electron chi connectivity index (χ2n) is 6.60. The first-order valence-corrected chi connectivity index (χ1v) is 11.2. The number of nitrogens with one attached hydrogen (secondary N) is 1. The first-order valence-electron chi connectivity index (χ1n) is 8.82. The number of hydrogen-bond donors (Lipinski definition) is 1. The van der Waals surface area contributed by atoms with Crippen LogP contribution in [0.2, 0.25) is 0 Å². The van der Waals surface area contributed by atoms with Gasteiger partial charge in [-0.15, -0.1) is 0 Å². The third kappa shape index (κ3) is 4.81. The van der Waals surface area contributed by atoms with E-state index in [9.17, 15) is 17.6 Å². The van der Waals surface area contributed by atoms with Gasteiger partial charge in [-0.3, -0.25) is 9.69 Å². The van der Waals surface area contributed by atoms with Gasteiger partial charge in [-0.05, 0) is 38.0 Å². The minimum atomic E-state index is -3.19. The molecule has 10 heteroatoms. The van der Waals surface area contributed by atoms with Crippen molar-refractivity contribution in [3.05, 3.63) is 24.0 Å². The molecule has 1 aromatic heterocycles. The van der Waals surface area contributed by atoms with Crippen LogP contribution in [0.4, 0.5) is 9.52 Å². The quantitative estimate of drug-likeness (QED) is 0.783. The monoisotopic (exact) mass is 414 g/mol.